The smallest absolute Gasteiger partial charge is 0.342 e. The molecular weight excluding hydrogens is 689 g/mol. The van der Waals surface area contributed by atoms with Crippen LogP contribution < -0.4 is 10.6 Å². The van der Waals surface area contributed by atoms with Crippen LogP contribution in [0.2, 0.25) is 0 Å². The third-order valence-corrected chi connectivity index (χ3v) is 12.8. The standard InChI is InChI=1S/C30H42N12O6S2/c1-5-49(45,46)39-11-8-21(16-39)41(29(43)37-25-13-33-27-23(35-25)6-9-31-27)42(30(44)38-26-14-34-28-24(36-26)7-10-32-28)22-12-20(4)15-40(17-22)50(47,48)18-19(2)3/h6-7,9-10,13-14,19-22H,5,8,11-12,15-18H2,1-4H3,(H,31,33)(H,32,34)(H,35,37,43)(H,36,38,44). The molecule has 4 aromatic rings. The molecule has 4 amide bonds. The second-order valence-electron chi connectivity index (χ2n) is 13.2. The minimum absolute atomic E-state index is 0.0807. The third-order valence-electron chi connectivity index (χ3n) is 8.76. The van der Waals surface area contributed by atoms with Gasteiger partial charge in [0.15, 0.2) is 22.9 Å². The topological polar surface area (TPSA) is 223 Å². The SMILES string of the molecule is CCS(=O)(=O)N1CCC(N(C(=O)Nc2cnc3[nH]ccc3n2)N(C(=O)Nc2cnc3[nH]ccc3n2)C2CC(C)CN(S(=O)(=O)CC(C)C)C2)C1. The number of aromatic nitrogens is 6. The van der Waals surface area contributed by atoms with Crippen molar-refractivity contribution in [1.29, 1.82) is 0 Å². The van der Waals surface area contributed by atoms with Crippen molar-refractivity contribution >= 4 is 66.1 Å². The Balaban J connectivity index is 1.41. The summed E-state index contributed by atoms with van der Waals surface area (Å²) in [4.78, 5) is 52.4. The molecule has 50 heavy (non-hydrogen) atoms. The van der Waals surface area contributed by atoms with E-state index in [-0.39, 0.29) is 67.6 Å². The van der Waals surface area contributed by atoms with E-state index in [1.807, 2.05) is 20.8 Å². The number of nitrogens with one attached hydrogen (secondary N) is 4. The summed E-state index contributed by atoms with van der Waals surface area (Å²) in [6.07, 6.45) is 6.63. The van der Waals surface area contributed by atoms with Gasteiger partial charge in [-0.2, -0.15) is 8.61 Å². The number of carbonyl (C=O) groups excluding carboxylic acids is 2. The maximum absolute atomic E-state index is 14.5. The Morgan fingerprint density at radius 2 is 1.40 bits per heavy atom. The summed E-state index contributed by atoms with van der Waals surface area (Å²) >= 11 is 0. The van der Waals surface area contributed by atoms with Gasteiger partial charge in [0.1, 0.15) is 11.0 Å². The zero-order valence-electron chi connectivity index (χ0n) is 28.3. The average molecular weight is 731 g/mol. The monoisotopic (exact) mass is 730 g/mol. The average Bonchev–Trinajstić information content (AvgIpc) is 3.83. The molecule has 4 aromatic heterocycles. The molecule has 3 atom stereocenters. The molecule has 270 valence electrons. The van der Waals surface area contributed by atoms with Gasteiger partial charge in [-0.1, -0.05) is 20.8 Å². The summed E-state index contributed by atoms with van der Waals surface area (Å²) < 4.78 is 55.7. The van der Waals surface area contributed by atoms with Gasteiger partial charge in [-0.25, -0.2) is 56.4 Å². The summed E-state index contributed by atoms with van der Waals surface area (Å²) in [5, 5.41) is 7.95. The zero-order valence-corrected chi connectivity index (χ0v) is 29.9. The summed E-state index contributed by atoms with van der Waals surface area (Å²) in [6.45, 7) is 7.28. The molecule has 0 aliphatic carbocycles. The lowest BCUT2D eigenvalue weighted by Crippen LogP contribution is -2.65. The second-order valence-corrected chi connectivity index (χ2v) is 17.4. The predicted molar refractivity (Wildman–Crippen MR) is 187 cm³/mol. The molecule has 0 saturated carbocycles. The highest BCUT2D eigenvalue weighted by atomic mass is 32.2. The van der Waals surface area contributed by atoms with Crippen molar-refractivity contribution in [1.82, 2.24) is 48.5 Å². The molecule has 3 unspecified atom stereocenters. The van der Waals surface area contributed by atoms with Gasteiger partial charge >= 0.3 is 12.1 Å². The predicted octanol–water partition coefficient (Wildman–Crippen LogP) is 2.63. The molecule has 20 heteroatoms. The van der Waals surface area contributed by atoms with Crippen LogP contribution in [0.5, 0.6) is 0 Å². The number of carbonyl (C=O) groups is 2. The molecule has 4 N–H and O–H groups in total. The fraction of sp³-hybridized carbons (Fsp3) is 0.533. The van der Waals surface area contributed by atoms with Crippen molar-refractivity contribution in [3.05, 3.63) is 36.9 Å². The first-order valence-electron chi connectivity index (χ1n) is 16.5. The number of amides is 4. The lowest BCUT2D eigenvalue weighted by Gasteiger charge is -2.46. The van der Waals surface area contributed by atoms with E-state index in [1.165, 1.54) is 31.0 Å². The highest BCUT2D eigenvalue weighted by Crippen LogP contribution is 2.30. The maximum Gasteiger partial charge on any atom is 0.342 e. The van der Waals surface area contributed by atoms with Crippen LogP contribution in [0.15, 0.2) is 36.9 Å². The molecule has 18 nitrogen and oxygen atoms in total. The van der Waals surface area contributed by atoms with Crippen molar-refractivity contribution in [3.63, 3.8) is 0 Å². The molecule has 2 fully saturated rings. The highest BCUT2D eigenvalue weighted by Gasteiger charge is 2.45. The number of rotatable bonds is 9. The molecular formula is C30H42N12O6S2. The van der Waals surface area contributed by atoms with Gasteiger partial charge in [0, 0.05) is 38.6 Å². The van der Waals surface area contributed by atoms with Crippen molar-refractivity contribution < 1.29 is 26.4 Å². The largest absolute Gasteiger partial charge is 0.345 e. The number of aromatic amines is 2. The Kier molecular flexibility index (Phi) is 9.98. The fourth-order valence-corrected chi connectivity index (χ4v) is 9.62. The summed E-state index contributed by atoms with van der Waals surface area (Å²) in [5.74, 6) is -0.332. The first kappa shape index (κ1) is 35.4. The Bertz CT molecular complexity index is 2090. The van der Waals surface area contributed by atoms with E-state index in [4.69, 9.17) is 0 Å². The van der Waals surface area contributed by atoms with E-state index in [1.54, 1.807) is 31.5 Å². The number of hydrogen-bond acceptors (Lipinski definition) is 10. The molecule has 0 spiro atoms. The van der Waals surface area contributed by atoms with Gasteiger partial charge in [0.2, 0.25) is 20.0 Å². The number of H-pyrrole nitrogens is 2. The van der Waals surface area contributed by atoms with Crippen molar-refractivity contribution in [2.45, 2.75) is 52.6 Å². The quantitative estimate of drug-likeness (QED) is 0.184. The van der Waals surface area contributed by atoms with Crippen LogP contribution in [0, 0.1) is 11.8 Å². The van der Waals surface area contributed by atoms with Crippen LogP contribution in [0.4, 0.5) is 21.2 Å². The van der Waals surface area contributed by atoms with Gasteiger partial charge in [0.25, 0.3) is 0 Å². The second kappa shape index (κ2) is 14.1. The van der Waals surface area contributed by atoms with Crippen molar-refractivity contribution in [3.8, 4) is 0 Å². The van der Waals surface area contributed by atoms with Gasteiger partial charge in [-0.3, -0.25) is 10.6 Å². The Morgan fingerprint density at radius 3 is 1.94 bits per heavy atom. The lowest BCUT2D eigenvalue weighted by atomic mass is 9.97. The fourth-order valence-electron chi connectivity index (χ4n) is 6.54. The number of hydrogen-bond donors (Lipinski definition) is 4. The molecule has 2 saturated heterocycles. The van der Waals surface area contributed by atoms with Crippen LogP contribution in [-0.2, 0) is 20.0 Å². The summed E-state index contributed by atoms with van der Waals surface area (Å²) in [5.41, 5.74) is 2.01. The van der Waals surface area contributed by atoms with Gasteiger partial charge in [-0.15, -0.1) is 0 Å². The molecule has 2 aliphatic heterocycles. The number of urea groups is 2. The summed E-state index contributed by atoms with van der Waals surface area (Å²) in [6, 6.07) is 0.213. The van der Waals surface area contributed by atoms with Crippen molar-refractivity contribution in [2.75, 3.05) is 48.3 Å². The number of piperidine rings is 1. The number of sulfonamides is 2. The first-order chi connectivity index (χ1) is 23.7. The molecule has 0 radical (unpaired) electrons. The van der Waals surface area contributed by atoms with E-state index in [9.17, 15) is 26.4 Å². The van der Waals surface area contributed by atoms with E-state index in [0.29, 0.717) is 28.7 Å². The maximum atomic E-state index is 14.5. The summed E-state index contributed by atoms with van der Waals surface area (Å²) in [7, 11) is -7.35. The van der Waals surface area contributed by atoms with Crippen LogP contribution in [0.1, 0.15) is 40.5 Å². The van der Waals surface area contributed by atoms with Gasteiger partial charge in [0.05, 0.1) is 36.0 Å². The third kappa shape index (κ3) is 7.52. The van der Waals surface area contributed by atoms with E-state index >= 15 is 0 Å². The van der Waals surface area contributed by atoms with Gasteiger partial charge < -0.3 is 9.97 Å². The minimum atomic E-state index is -3.72. The van der Waals surface area contributed by atoms with Crippen LogP contribution >= 0.6 is 0 Å². The number of anilines is 2. The van der Waals surface area contributed by atoms with E-state index in [0.717, 1.165) is 0 Å². The number of hydrazine groups is 1. The minimum Gasteiger partial charge on any atom is -0.345 e. The number of nitrogens with zero attached hydrogens (tertiary/aromatic N) is 8. The first-order valence-corrected chi connectivity index (χ1v) is 19.7. The van der Waals surface area contributed by atoms with Crippen LogP contribution in [0.25, 0.3) is 22.3 Å². The van der Waals surface area contributed by atoms with Crippen LogP contribution in [0.3, 0.4) is 0 Å². The number of fused-ring (bicyclic) bond motifs is 2. The normalized spacial score (nSPS) is 20.8. The Hall–Kier alpha value is -4.40. The molecule has 2 aliphatic rings. The lowest BCUT2D eigenvalue weighted by molar-refractivity contribution is -0.0225. The van der Waals surface area contributed by atoms with Gasteiger partial charge in [-0.05, 0) is 43.7 Å². The Labute approximate surface area is 290 Å². The molecule has 0 bridgehead atoms. The van der Waals surface area contributed by atoms with Crippen molar-refractivity contribution in [2.24, 2.45) is 11.8 Å². The molecule has 6 rings (SSSR count). The Morgan fingerprint density at radius 1 is 0.860 bits per heavy atom. The highest BCUT2D eigenvalue weighted by molar-refractivity contribution is 7.89. The zero-order chi connectivity index (χ0) is 35.8. The molecule has 0 aromatic carbocycles. The van der Waals surface area contributed by atoms with E-state index < -0.39 is 44.2 Å². The molecule has 6 heterocycles. The van der Waals surface area contributed by atoms with E-state index in [2.05, 4.69) is 40.5 Å². The van der Waals surface area contributed by atoms with Crippen LogP contribution in [-0.4, -0.2) is 127 Å².